The first kappa shape index (κ1) is 21.3. The minimum Gasteiger partial charge on any atom is -0.495 e. The van der Waals surface area contributed by atoms with Crippen LogP contribution in [0.2, 0.25) is 10.0 Å². The van der Waals surface area contributed by atoms with Crippen LogP contribution in [0, 0.1) is 11.3 Å². The summed E-state index contributed by atoms with van der Waals surface area (Å²) < 4.78 is 10.7. The zero-order chi connectivity index (χ0) is 20.1. The van der Waals surface area contributed by atoms with Crippen molar-refractivity contribution in [2.75, 3.05) is 20.8 Å². The van der Waals surface area contributed by atoms with Gasteiger partial charge in [0.25, 0.3) is 0 Å². The second-order valence-corrected chi connectivity index (χ2v) is 6.99. The van der Waals surface area contributed by atoms with E-state index in [1.54, 1.807) is 12.1 Å². The monoisotopic (exact) mass is 409 g/mol. The molecule has 146 valence electrons. The first-order valence-corrected chi connectivity index (χ1v) is 9.56. The minimum absolute atomic E-state index is 0.256. The molecular weight excluding hydrogens is 385 g/mol. The number of hydrogen-bond donors (Lipinski definition) is 2. The van der Waals surface area contributed by atoms with Gasteiger partial charge in [0.2, 0.25) is 0 Å². The third kappa shape index (κ3) is 4.47. The molecule has 0 fully saturated rings. The molecule has 0 saturated carbocycles. The molecule has 7 heteroatoms. The van der Waals surface area contributed by atoms with Crippen molar-refractivity contribution >= 4 is 40.4 Å². The van der Waals surface area contributed by atoms with Crippen LogP contribution in [-0.4, -0.2) is 32.3 Å². The van der Waals surface area contributed by atoms with Crippen LogP contribution < -0.4 is 14.8 Å². The number of methoxy groups -OCH3 is 2. The summed E-state index contributed by atoms with van der Waals surface area (Å²) in [6, 6.07) is 1.63. The molecule has 27 heavy (non-hydrogen) atoms. The molecule has 0 spiro atoms. The first-order chi connectivity index (χ1) is 12.9. The lowest BCUT2D eigenvalue weighted by Crippen LogP contribution is -2.36. The molecule has 0 aromatic heterocycles. The number of allylic oxidation sites excluding steroid dienone is 1. The Kier molecular flexibility index (Phi) is 7.33. The van der Waals surface area contributed by atoms with Crippen LogP contribution in [0.25, 0.3) is 5.70 Å². The van der Waals surface area contributed by atoms with Crippen LogP contribution in [0.4, 0.5) is 0 Å². The van der Waals surface area contributed by atoms with Gasteiger partial charge in [-0.25, -0.2) is 4.99 Å². The number of aliphatic imine (C=N–C) groups is 1. The Morgan fingerprint density at radius 1 is 1.15 bits per heavy atom. The number of rotatable bonds is 7. The highest BCUT2D eigenvalue weighted by Gasteiger charge is 2.24. The SMILES string of the molecule is C=C1C=C(c2c(Cl)c(OC)cc(OC)c2Cl)N=C(NCC(CC)CC)C1=N. The van der Waals surface area contributed by atoms with Gasteiger partial charge in [-0.15, -0.1) is 0 Å². The molecule has 0 amide bonds. The molecule has 0 saturated heterocycles. The van der Waals surface area contributed by atoms with Gasteiger partial charge in [0, 0.05) is 18.2 Å². The van der Waals surface area contributed by atoms with Crippen LogP contribution >= 0.6 is 23.2 Å². The fourth-order valence-electron chi connectivity index (χ4n) is 2.78. The van der Waals surface area contributed by atoms with Gasteiger partial charge >= 0.3 is 0 Å². The standard InChI is InChI=1S/C20H25Cl2N3O2/c1-6-12(7-2)10-24-20-19(23)11(3)8-13(25-20)16-17(21)14(26-4)9-15(27-5)18(16)22/h8-9,12,23H,3,6-7,10H2,1-2,4-5H3,(H,24,25). The highest BCUT2D eigenvalue weighted by atomic mass is 35.5. The molecule has 0 bridgehead atoms. The van der Waals surface area contributed by atoms with E-state index in [2.05, 4.69) is 30.7 Å². The second kappa shape index (κ2) is 9.29. The van der Waals surface area contributed by atoms with Crippen LogP contribution in [-0.2, 0) is 0 Å². The number of ether oxygens (including phenoxy) is 2. The quantitative estimate of drug-likeness (QED) is 0.636. The second-order valence-electron chi connectivity index (χ2n) is 6.24. The topological polar surface area (TPSA) is 66.7 Å². The average Bonchev–Trinajstić information content (AvgIpc) is 2.66. The first-order valence-electron chi connectivity index (χ1n) is 8.80. The van der Waals surface area contributed by atoms with Gasteiger partial charge in [-0.1, -0.05) is 56.5 Å². The molecule has 0 aliphatic carbocycles. The maximum Gasteiger partial charge on any atom is 0.152 e. The van der Waals surface area contributed by atoms with Gasteiger partial charge in [-0.05, 0) is 17.6 Å². The molecular formula is C20H25Cl2N3O2. The van der Waals surface area contributed by atoms with Gasteiger partial charge in [0.15, 0.2) is 5.84 Å². The number of amidine groups is 1. The Morgan fingerprint density at radius 2 is 1.70 bits per heavy atom. The van der Waals surface area contributed by atoms with Crippen LogP contribution in [0.15, 0.2) is 29.3 Å². The summed E-state index contributed by atoms with van der Waals surface area (Å²) in [6.07, 6.45) is 3.80. The van der Waals surface area contributed by atoms with Crippen molar-refractivity contribution in [1.82, 2.24) is 5.32 Å². The summed E-state index contributed by atoms with van der Waals surface area (Å²) in [6.45, 7) is 8.99. The van der Waals surface area contributed by atoms with E-state index in [1.165, 1.54) is 14.2 Å². The third-order valence-corrected chi connectivity index (χ3v) is 5.39. The molecule has 1 aromatic carbocycles. The Morgan fingerprint density at radius 3 is 2.19 bits per heavy atom. The highest BCUT2D eigenvalue weighted by Crippen LogP contribution is 2.44. The lowest BCUT2D eigenvalue weighted by molar-refractivity contribution is 0.394. The molecule has 0 radical (unpaired) electrons. The molecule has 0 atom stereocenters. The lowest BCUT2D eigenvalue weighted by Gasteiger charge is -2.22. The maximum absolute atomic E-state index is 8.27. The van der Waals surface area contributed by atoms with Gasteiger partial charge in [-0.2, -0.15) is 0 Å². The van der Waals surface area contributed by atoms with Crippen molar-refractivity contribution in [2.45, 2.75) is 26.7 Å². The molecule has 1 aromatic rings. The number of nitrogens with one attached hydrogen (secondary N) is 2. The molecule has 1 heterocycles. The third-order valence-electron chi connectivity index (χ3n) is 4.64. The number of benzene rings is 1. The van der Waals surface area contributed by atoms with Crippen molar-refractivity contribution in [3.05, 3.63) is 39.9 Å². The van der Waals surface area contributed by atoms with Crippen LogP contribution in [0.3, 0.4) is 0 Å². The minimum atomic E-state index is 0.256. The molecule has 0 unspecified atom stereocenters. The van der Waals surface area contributed by atoms with E-state index in [1.807, 2.05) is 0 Å². The lowest BCUT2D eigenvalue weighted by atomic mass is 10.0. The van der Waals surface area contributed by atoms with Crippen LogP contribution in [0.5, 0.6) is 11.5 Å². The van der Waals surface area contributed by atoms with Crippen molar-refractivity contribution in [2.24, 2.45) is 10.9 Å². The van der Waals surface area contributed by atoms with Crippen molar-refractivity contribution in [1.29, 1.82) is 5.41 Å². The summed E-state index contributed by atoms with van der Waals surface area (Å²) in [5, 5.41) is 12.2. The summed E-state index contributed by atoms with van der Waals surface area (Å²) >= 11 is 13.0. The van der Waals surface area contributed by atoms with E-state index >= 15 is 0 Å². The van der Waals surface area contributed by atoms with Crippen molar-refractivity contribution in [3.8, 4) is 11.5 Å². The van der Waals surface area contributed by atoms with Crippen molar-refractivity contribution in [3.63, 3.8) is 0 Å². The summed E-state index contributed by atoms with van der Waals surface area (Å²) in [5.41, 5.74) is 1.79. The predicted molar refractivity (Wildman–Crippen MR) is 114 cm³/mol. The fourth-order valence-corrected chi connectivity index (χ4v) is 3.48. The molecule has 2 N–H and O–H groups in total. The summed E-state index contributed by atoms with van der Waals surface area (Å²) in [7, 11) is 3.04. The normalized spacial score (nSPS) is 14.2. The Hall–Kier alpha value is -1.98. The van der Waals surface area contributed by atoms with E-state index in [4.69, 9.17) is 38.1 Å². The number of hydrogen-bond acceptors (Lipinski definition) is 5. The van der Waals surface area contributed by atoms with E-state index in [9.17, 15) is 0 Å². The smallest absolute Gasteiger partial charge is 0.152 e. The Balaban J connectivity index is 2.50. The zero-order valence-corrected chi connectivity index (χ0v) is 17.6. The van der Waals surface area contributed by atoms with E-state index in [0.29, 0.717) is 50.1 Å². The van der Waals surface area contributed by atoms with Gasteiger partial charge in [0.1, 0.15) is 17.2 Å². The fraction of sp³-hybridized carbons (Fsp3) is 0.400. The number of nitrogens with zero attached hydrogens (tertiary/aromatic N) is 1. The molecule has 1 aliphatic heterocycles. The average molecular weight is 410 g/mol. The molecule has 1 aliphatic rings. The van der Waals surface area contributed by atoms with E-state index in [-0.39, 0.29) is 5.71 Å². The number of halogens is 2. The van der Waals surface area contributed by atoms with Gasteiger partial charge in [-0.3, -0.25) is 5.41 Å². The summed E-state index contributed by atoms with van der Waals surface area (Å²) in [4.78, 5) is 4.60. The van der Waals surface area contributed by atoms with E-state index in [0.717, 1.165) is 19.4 Å². The predicted octanol–water partition coefficient (Wildman–Crippen LogP) is 5.37. The Labute approximate surface area is 170 Å². The Bertz CT molecular complexity index is 784. The van der Waals surface area contributed by atoms with Gasteiger partial charge in [0.05, 0.1) is 30.0 Å². The summed E-state index contributed by atoms with van der Waals surface area (Å²) in [5.74, 6) is 1.83. The zero-order valence-electron chi connectivity index (χ0n) is 16.1. The van der Waals surface area contributed by atoms with Crippen molar-refractivity contribution < 1.29 is 9.47 Å². The molecule has 2 rings (SSSR count). The van der Waals surface area contributed by atoms with Crippen LogP contribution in [0.1, 0.15) is 32.3 Å². The highest BCUT2D eigenvalue weighted by molar-refractivity contribution is 6.49. The largest absolute Gasteiger partial charge is 0.495 e. The van der Waals surface area contributed by atoms with Gasteiger partial charge < -0.3 is 14.8 Å². The maximum atomic E-state index is 8.27. The van der Waals surface area contributed by atoms with E-state index < -0.39 is 0 Å². The molecule has 5 nitrogen and oxygen atoms in total.